The van der Waals surface area contributed by atoms with Crippen LogP contribution in [0.15, 0.2) is 12.4 Å². The summed E-state index contributed by atoms with van der Waals surface area (Å²) in [6.07, 6.45) is 10.7. The van der Waals surface area contributed by atoms with Crippen molar-refractivity contribution >= 4 is 21.9 Å². The predicted octanol–water partition coefficient (Wildman–Crippen LogP) is 2.95. The van der Waals surface area contributed by atoms with Crippen LogP contribution in [0.5, 0.6) is 0 Å². The molecule has 0 aliphatic heterocycles. The highest BCUT2D eigenvalue weighted by molar-refractivity contribution is 9.09. The van der Waals surface area contributed by atoms with Crippen LogP contribution >= 0.6 is 15.9 Å². The third-order valence-electron chi connectivity index (χ3n) is 3.39. The number of imidazole rings is 1. The van der Waals surface area contributed by atoms with Crippen molar-refractivity contribution in [3.63, 3.8) is 0 Å². The standard InChI is InChI=1S/C12H20BrN3/c1-15-10-8-14-12(15)16(9-7-13)11-5-3-2-4-6-11/h8,10-11H,2-7,9H2,1H3. The van der Waals surface area contributed by atoms with Crippen molar-refractivity contribution in [2.24, 2.45) is 7.05 Å². The quantitative estimate of drug-likeness (QED) is 0.793. The SMILES string of the molecule is Cn1ccnc1N(CCBr)C1CCCCC1. The summed E-state index contributed by atoms with van der Waals surface area (Å²) in [4.78, 5) is 6.94. The number of aryl methyl sites for hydroxylation is 1. The lowest BCUT2D eigenvalue weighted by Crippen LogP contribution is -2.39. The number of alkyl halides is 1. The molecule has 16 heavy (non-hydrogen) atoms. The van der Waals surface area contributed by atoms with Gasteiger partial charge in [0.1, 0.15) is 0 Å². The molecule has 0 amide bonds. The van der Waals surface area contributed by atoms with E-state index in [1.807, 2.05) is 12.4 Å². The first-order chi connectivity index (χ1) is 7.83. The van der Waals surface area contributed by atoms with Crippen LogP contribution in [0.4, 0.5) is 5.95 Å². The fourth-order valence-electron chi connectivity index (χ4n) is 2.56. The molecule has 1 aromatic rings. The molecule has 0 saturated heterocycles. The van der Waals surface area contributed by atoms with E-state index in [1.165, 1.54) is 32.1 Å². The smallest absolute Gasteiger partial charge is 0.205 e. The molecule has 4 heteroatoms. The van der Waals surface area contributed by atoms with Crippen molar-refractivity contribution in [3.05, 3.63) is 12.4 Å². The highest BCUT2D eigenvalue weighted by atomic mass is 79.9. The van der Waals surface area contributed by atoms with Gasteiger partial charge in [0, 0.05) is 37.4 Å². The van der Waals surface area contributed by atoms with E-state index in [-0.39, 0.29) is 0 Å². The number of nitrogens with zero attached hydrogens (tertiary/aromatic N) is 3. The van der Waals surface area contributed by atoms with Gasteiger partial charge in [-0.05, 0) is 12.8 Å². The van der Waals surface area contributed by atoms with Gasteiger partial charge in [-0.25, -0.2) is 4.98 Å². The average molecular weight is 286 g/mol. The van der Waals surface area contributed by atoms with Crippen LogP contribution in [-0.4, -0.2) is 27.5 Å². The van der Waals surface area contributed by atoms with E-state index >= 15 is 0 Å². The van der Waals surface area contributed by atoms with Gasteiger partial charge in [0.15, 0.2) is 0 Å². The Morgan fingerprint density at radius 3 is 2.75 bits per heavy atom. The Morgan fingerprint density at radius 2 is 2.19 bits per heavy atom. The van der Waals surface area contributed by atoms with Crippen molar-refractivity contribution in [2.75, 3.05) is 16.8 Å². The van der Waals surface area contributed by atoms with Crippen LogP contribution in [-0.2, 0) is 7.05 Å². The first-order valence-electron chi connectivity index (χ1n) is 6.13. The molecule has 0 spiro atoms. The lowest BCUT2D eigenvalue weighted by molar-refractivity contribution is 0.413. The summed E-state index contributed by atoms with van der Waals surface area (Å²) >= 11 is 3.55. The van der Waals surface area contributed by atoms with E-state index in [1.54, 1.807) is 0 Å². The topological polar surface area (TPSA) is 21.1 Å². The molecule has 0 unspecified atom stereocenters. The van der Waals surface area contributed by atoms with Crippen LogP contribution in [0.1, 0.15) is 32.1 Å². The highest BCUT2D eigenvalue weighted by Crippen LogP contribution is 2.26. The second kappa shape index (κ2) is 5.71. The number of hydrogen-bond donors (Lipinski definition) is 0. The summed E-state index contributed by atoms with van der Waals surface area (Å²) in [5, 5.41) is 1.01. The molecular formula is C12H20BrN3. The maximum atomic E-state index is 4.48. The molecule has 90 valence electrons. The third-order valence-corrected chi connectivity index (χ3v) is 3.75. The molecule has 0 radical (unpaired) electrons. The summed E-state index contributed by atoms with van der Waals surface area (Å²) in [6.45, 7) is 1.05. The Kier molecular flexibility index (Phi) is 4.27. The minimum atomic E-state index is 0.687. The molecule has 1 aliphatic rings. The maximum Gasteiger partial charge on any atom is 0.205 e. The zero-order valence-electron chi connectivity index (χ0n) is 9.90. The van der Waals surface area contributed by atoms with E-state index in [2.05, 4.69) is 37.4 Å². The predicted molar refractivity (Wildman–Crippen MR) is 71.2 cm³/mol. The fourth-order valence-corrected chi connectivity index (χ4v) is 2.95. The molecule has 0 N–H and O–H groups in total. The zero-order chi connectivity index (χ0) is 11.4. The molecule has 0 aromatic carbocycles. The molecule has 3 nitrogen and oxygen atoms in total. The monoisotopic (exact) mass is 285 g/mol. The van der Waals surface area contributed by atoms with E-state index in [4.69, 9.17) is 0 Å². The van der Waals surface area contributed by atoms with Gasteiger partial charge in [-0.3, -0.25) is 0 Å². The Morgan fingerprint density at radius 1 is 1.44 bits per heavy atom. The van der Waals surface area contributed by atoms with E-state index in [0.29, 0.717) is 6.04 Å². The van der Waals surface area contributed by atoms with Gasteiger partial charge in [-0.1, -0.05) is 35.2 Å². The van der Waals surface area contributed by atoms with Crippen molar-refractivity contribution in [3.8, 4) is 0 Å². The molecular weight excluding hydrogens is 266 g/mol. The summed E-state index contributed by atoms with van der Waals surface area (Å²) in [7, 11) is 2.08. The minimum absolute atomic E-state index is 0.687. The van der Waals surface area contributed by atoms with Crippen molar-refractivity contribution in [1.82, 2.24) is 9.55 Å². The summed E-state index contributed by atoms with van der Waals surface area (Å²) in [5.74, 6) is 1.12. The van der Waals surface area contributed by atoms with E-state index < -0.39 is 0 Å². The number of anilines is 1. The molecule has 1 aromatic heterocycles. The van der Waals surface area contributed by atoms with E-state index in [0.717, 1.165) is 17.8 Å². The van der Waals surface area contributed by atoms with Crippen molar-refractivity contribution < 1.29 is 0 Å². The molecule has 1 aliphatic carbocycles. The largest absolute Gasteiger partial charge is 0.338 e. The van der Waals surface area contributed by atoms with Crippen molar-refractivity contribution in [2.45, 2.75) is 38.1 Å². The lowest BCUT2D eigenvalue weighted by atomic mass is 9.94. The Bertz CT molecular complexity index is 318. The number of aromatic nitrogens is 2. The molecule has 1 saturated carbocycles. The summed E-state index contributed by atoms with van der Waals surface area (Å²) in [5.41, 5.74) is 0. The Hall–Kier alpha value is -0.510. The van der Waals surface area contributed by atoms with Gasteiger partial charge >= 0.3 is 0 Å². The molecule has 1 heterocycles. The second-order valence-electron chi connectivity index (χ2n) is 4.51. The normalized spacial score (nSPS) is 17.6. The van der Waals surface area contributed by atoms with Gasteiger partial charge in [0.2, 0.25) is 5.95 Å². The molecule has 2 rings (SSSR count). The van der Waals surface area contributed by atoms with Crippen LogP contribution in [0, 0.1) is 0 Å². The number of halogens is 1. The minimum Gasteiger partial charge on any atom is -0.338 e. The Balaban J connectivity index is 2.12. The highest BCUT2D eigenvalue weighted by Gasteiger charge is 2.23. The Labute approximate surface area is 106 Å². The summed E-state index contributed by atoms with van der Waals surface area (Å²) < 4.78 is 2.12. The van der Waals surface area contributed by atoms with Crippen molar-refractivity contribution in [1.29, 1.82) is 0 Å². The number of hydrogen-bond acceptors (Lipinski definition) is 2. The first kappa shape index (κ1) is 12.0. The third kappa shape index (κ3) is 2.59. The number of rotatable bonds is 4. The van der Waals surface area contributed by atoms with Crippen LogP contribution < -0.4 is 4.90 Å². The molecule has 0 bridgehead atoms. The molecule has 0 atom stereocenters. The van der Waals surface area contributed by atoms with Gasteiger partial charge in [-0.2, -0.15) is 0 Å². The van der Waals surface area contributed by atoms with Crippen LogP contribution in [0.25, 0.3) is 0 Å². The zero-order valence-corrected chi connectivity index (χ0v) is 11.5. The first-order valence-corrected chi connectivity index (χ1v) is 7.25. The second-order valence-corrected chi connectivity index (χ2v) is 5.31. The molecule has 1 fully saturated rings. The van der Waals surface area contributed by atoms with E-state index in [9.17, 15) is 0 Å². The lowest BCUT2D eigenvalue weighted by Gasteiger charge is -2.34. The van der Waals surface area contributed by atoms with Crippen LogP contribution in [0.3, 0.4) is 0 Å². The van der Waals surface area contributed by atoms with Gasteiger partial charge in [0.25, 0.3) is 0 Å². The van der Waals surface area contributed by atoms with Crippen LogP contribution in [0.2, 0.25) is 0 Å². The van der Waals surface area contributed by atoms with Gasteiger partial charge in [0.05, 0.1) is 0 Å². The fraction of sp³-hybridized carbons (Fsp3) is 0.750. The maximum absolute atomic E-state index is 4.48. The van der Waals surface area contributed by atoms with Gasteiger partial charge < -0.3 is 9.47 Å². The summed E-state index contributed by atoms with van der Waals surface area (Å²) in [6, 6.07) is 0.687. The average Bonchev–Trinajstić information content (AvgIpc) is 2.73. The van der Waals surface area contributed by atoms with Gasteiger partial charge in [-0.15, -0.1) is 0 Å².